The Bertz CT molecular complexity index is 760. The zero-order chi connectivity index (χ0) is 19.7. The van der Waals surface area contributed by atoms with Crippen LogP contribution in [-0.2, 0) is 14.3 Å². The molecule has 6 heteroatoms. The van der Waals surface area contributed by atoms with Crippen LogP contribution in [0, 0.1) is 5.41 Å². The maximum absolute atomic E-state index is 12.7. The van der Waals surface area contributed by atoms with Crippen LogP contribution in [0.3, 0.4) is 0 Å². The van der Waals surface area contributed by atoms with Gasteiger partial charge in [0.1, 0.15) is 11.2 Å². The van der Waals surface area contributed by atoms with Gasteiger partial charge in [-0.05, 0) is 44.5 Å². The van der Waals surface area contributed by atoms with Crippen LogP contribution in [0.15, 0.2) is 54.6 Å². The van der Waals surface area contributed by atoms with Crippen LogP contribution < -0.4 is 15.4 Å². The summed E-state index contributed by atoms with van der Waals surface area (Å²) in [5.74, 6) is 0.427. The van der Waals surface area contributed by atoms with E-state index in [-0.39, 0.29) is 5.91 Å². The lowest BCUT2D eigenvalue weighted by atomic mass is 9.91. The van der Waals surface area contributed by atoms with E-state index < -0.39 is 11.3 Å². The highest BCUT2D eigenvalue weighted by molar-refractivity contribution is 6.10. The van der Waals surface area contributed by atoms with Crippen molar-refractivity contribution >= 4 is 17.5 Å². The van der Waals surface area contributed by atoms with E-state index in [1.54, 1.807) is 39.2 Å². The Hall–Kier alpha value is -2.86. The van der Waals surface area contributed by atoms with Crippen molar-refractivity contribution < 1.29 is 19.1 Å². The first kappa shape index (κ1) is 20.5. The van der Waals surface area contributed by atoms with Crippen LogP contribution in [0.2, 0.25) is 0 Å². The maximum Gasteiger partial charge on any atom is 0.239 e. The van der Waals surface area contributed by atoms with Crippen molar-refractivity contribution in [1.82, 2.24) is 5.32 Å². The summed E-state index contributed by atoms with van der Waals surface area (Å²) in [5, 5.41) is 5.57. The smallest absolute Gasteiger partial charge is 0.239 e. The van der Waals surface area contributed by atoms with Crippen molar-refractivity contribution in [3.63, 3.8) is 0 Å². The van der Waals surface area contributed by atoms with E-state index in [0.717, 1.165) is 0 Å². The topological polar surface area (TPSA) is 76.7 Å². The van der Waals surface area contributed by atoms with E-state index in [4.69, 9.17) is 9.47 Å². The highest BCUT2D eigenvalue weighted by Gasteiger charge is 2.36. The molecule has 27 heavy (non-hydrogen) atoms. The summed E-state index contributed by atoms with van der Waals surface area (Å²) in [6.07, 6.45) is 0.688. The molecule has 6 nitrogen and oxygen atoms in total. The predicted octanol–water partition coefficient (Wildman–Crippen LogP) is 3.60. The van der Waals surface area contributed by atoms with Crippen LogP contribution >= 0.6 is 0 Å². The number of benzene rings is 2. The van der Waals surface area contributed by atoms with E-state index in [2.05, 4.69) is 10.6 Å². The van der Waals surface area contributed by atoms with E-state index in [0.29, 0.717) is 36.8 Å². The number of amides is 2. The summed E-state index contributed by atoms with van der Waals surface area (Å²) >= 11 is 0. The Morgan fingerprint density at radius 2 is 1.63 bits per heavy atom. The molecule has 2 amide bonds. The Labute approximate surface area is 159 Å². The van der Waals surface area contributed by atoms with Gasteiger partial charge >= 0.3 is 0 Å². The van der Waals surface area contributed by atoms with Gasteiger partial charge < -0.3 is 20.1 Å². The predicted molar refractivity (Wildman–Crippen MR) is 105 cm³/mol. The number of hydrogen-bond acceptors (Lipinski definition) is 4. The molecule has 0 aromatic heterocycles. The van der Waals surface area contributed by atoms with Crippen molar-refractivity contribution in [2.24, 2.45) is 5.41 Å². The lowest BCUT2D eigenvalue weighted by Crippen LogP contribution is -2.45. The summed E-state index contributed by atoms with van der Waals surface area (Å²) in [6, 6.07) is 16.4. The zero-order valence-corrected chi connectivity index (χ0v) is 16.0. The minimum atomic E-state index is -1.23. The largest absolute Gasteiger partial charge is 0.455 e. The van der Waals surface area contributed by atoms with E-state index in [1.807, 2.05) is 36.4 Å². The molecular formula is C21H26N2O4. The van der Waals surface area contributed by atoms with Crippen molar-refractivity contribution in [3.8, 4) is 11.5 Å². The van der Waals surface area contributed by atoms with Gasteiger partial charge in [-0.2, -0.15) is 0 Å². The van der Waals surface area contributed by atoms with E-state index in [9.17, 15) is 9.59 Å². The molecule has 0 saturated carbocycles. The molecule has 2 N–H and O–H groups in total. The molecule has 0 aliphatic rings. The van der Waals surface area contributed by atoms with Crippen molar-refractivity contribution in [2.45, 2.75) is 20.3 Å². The Morgan fingerprint density at radius 3 is 2.33 bits per heavy atom. The van der Waals surface area contributed by atoms with Crippen molar-refractivity contribution in [3.05, 3.63) is 54.6 Å². The average molecular weight is 370 g/mol. The third-order valence-electron chi connectivity index (χ3n) is 4.05. The molecule has 0 fully saturated rings. The van der Waals surface area contributed by atoms with Crippen molar-refractivity contribution in [1.29, 1.82) is 0 Å². The number of anilines is 1. The molecule has 2 rings (SSSR count). The number of nitrogens with one attached hydrogen (secondary N) is 2. The molecule has 0 unspecified atom stereocenters. The molecule has 0 heterocycles. The molecule has 144 valence electrons. The Kier molecular flexibility index (Phi) is 7.37. The first-order valence-electron chi connectivity index (χ1n) is 8.86. The fraction of sp³-hybridized carbons (Fsp3) is 0.333. The summed E-state index contributed by atoms with van der Waals surface area (Å²) in [4.78, 5) is 25.1. The van der Waals surface area contributed by atoms with Crippen LogP contribution in [0.1, 0.15) is 20.3 Å². The number of ether oxygens (including phenoxy) is 2. The third-order valence-corrected chi connectivity index (χ3v) is 4.05. The van der Waals surface area contributed by atoms with Gasteiger partial charge in [-0.3, -0.25) is 9.59 Å². The molecule has 0 spiro atoms. The molecule has 0 atom stereocenters. The minimum Gasteiger partial charge on any atom is -0.455 e. The first-order chi connectivity index (χ1) is 12.9. The summed E-state index contributed by atoms with van der Waals surface area (Å²) < 4.78 is 10.8. The molecule has 0 radical (unpaired) electrons. The fourth-order valence-corrected chi connectivity index (χ4v) is 2.30. The van der Waals surface area contributed by atoms with E-state index in [1.165, 1.54) is 0 Å². The van der Waals surface area contributed by atoms with Crippen molar-refractivity contribution in [2.75, 3.05) is 25.6 Å². The number of rotatable bonds is 9. The van der Waals surface area contributed by atoms with Gasteiger partial charge in [0.2, 0.25) is 11.8 Å². The standard InChI is InChI=1S/C21H26N2O4/c1-21(2,19(24)22-14-9-15-26-3)20(25)23-17-12-7-8-13-18(17)27-16-10-5-4-6-11-16/h4-8,10-13H,9,14-15H2,1-3H3,(H,22,24)(H,23,25). The monoisotopic (exact) mass is 370 g/mol. The summed E-state index contributed by atoms with van der Waals surface area (Å²) in [5.41, 5.74) is -0.723. The first-order valence-corrected chi connectivity index (χ1v) is 8.86. The molecule has 2 aromatic rings. The number of carbonyl (C=O) groups is 2. The lowest BCUT2D eigenvalue weighted by Gasteiger charge is -2.23. The lowest BCUT2D eigenvalue weighted by molar-refractivity contribution is -0.138. The van der Waals surface area contributed by atoms with Crippen LogP contribution in [0.5, 0.6) is 11.5 Å². The Balaban J connectivity index is 2.05. The second-order valence-corrected chi connectivity index (χ2v) is 6.59. The van der Waals surface area contributed by atoms with Gasteiger partial charge in [-0.1, -0.05) is 30.3 Å². The van der Waals surface area contributed by atoms with Crippen LogP contribution in [-0.4, -0.2) is 32.1 Å². The van der Waals surface area contributed by atoms with Gasteiger partial charge in [-0.15, -0.1) is 0 Å². The molecule has 0 aliphatic carbocycles. The summed E-state index contributed by atoms with van der Waals surface area (Å²) in [6.45, 7) is 4.19. The Morgan fingerprint density at radius 1 is 0.963 bits per heavy atom. The SMILES string of the molecule is COCCCNC(=O)C(C)(C)C(=O)Nc1ccccc1Oc1ccccc1. The third kappa shape index (κ3) is 5.82. The van der Waals surface area contributed by atoms with Gasteiger partial charge in [0.05, 0.1) is 5.69 Å². The van der Waals surface area contributed by atoms with Gasteiger partial charge in [-0.25, -0.2) is 0 Å². The van der Waals surface area contributed by atoms with Gasteiger partial charge in [0.25, 0.3) is 0 Å². The highest BCUT2D eigenvalue weighted by Crippen LogP contribution is 2.30. The minimum absolute atomic E-state index is 0.336. The van der Waals surface area contributed by atoms with Gasteiger partial charge in [0, 0.05) is 20.3 Å². The number of methoxy groups -OCH3 is 1. The molecule has 0 saturated heterocycles. The molecular weight excluding hydrogens is 344 g/mol. The van der Waals surface area contributed by atoms with Crippen LogP contribution in [0.4, 0.5) is 5.69 Å². The highest BCUT2D eigenvalue weighted by atomic mass is 16.5. The molecule has 0 aliphatic heterocycles. The number of para-hydroxylation sites is 3. The normalized spacial score (nSPS) is 10.9. The molecule has 0 bridgehead atoms. The van der Waals surface area contributed by atoms with Crippen LogP contribution in [0.25, 0.3) is 0 Å². The zero-order valence-electron chi connectivity index (χ0n) is 16.0. The van der Waals surface area contributed by atoms with E-state index >= 15 is 0 Å². The average Bonchev–Trinajstić information content (AvgIpc) is 2.67. The maximum atomic E-state index is 12.7. The van der Waals surface area contributed by atoms with Gasteiger partial charge in [0.15, 0.2) is 5.75 Å². The second-order valence-electron chi connectivity index (χ2n) is 6.59. The summed E-state index contributed by atoms with van der Waals surface area (Å²) in [7, 11) is 1.61. The molecule has 2 aromatic carbocycles. The number of carbonyl (C=O) groups excluding carboxylic acids is 2. The fourth-order valence-electron chi connectivity index (χ4n) is 2.30. The second kappa shape index (κ2) is 9.73. The number of hydrogen-bond donors (Lipinski definition) is 2. The quantitative estimate of drug-likeness (QED) is 0.522.